The Hall–Kier alpha value is -2.57. The number of anilines is 1. The van der Waals surface area contributed by atoms with Crippen LogP contribution in [-0.2, 0) is 12.8 Å². The van der Waals surface area contributed by atoms with Gasteiger partial charge >= 0.3 is 6.03 Å². The van der Waals surface area contributed by atoms with Crippen LogP contribution >= 0.6 is 0 Å². The summed E-state index contributed by atoms with van der Waals surface area (Å²) in [5, 5.41) is 13.4. The fourth-order valence-electron chi connectivity index (χ4n) is 3.74. The van der Waals surface area contributed by atoms with E-state index < -0.39 is 0 Å². The predicted octanol–water partition coefficient (Wildman–Crippen LogP) is 1.63. The molecule has 1 aliphatic carbocycles. The van der Waals surface area contributed by atoms with E-state index in [2.05, 4.69) is 30.7 Å². The molecule has 1 unspecified atom stereocenters. The van der Waals surface area contributed by atoms with Crippen LogP contribution in [0.1, 0.15) is 30.5 Å². The maximum Gasteiger partial charge on any atom is 0.315 e. The summed E-state index contributed by atoms with van der Waals surface area (Å²) in [5.41, 5.74) is 2.43. The highest BCUT2D eigenvalue weighted by Gasteiger charge is 2.24. The summed E-state index contributed by atoms with van der Waals surface area (Å²) in [6, 6.07) is 6.33. The monoisotopic (exact) mass is 340 g/mol. The maximum atomic E-state index is 12.3. The van der Waals surface area contributed by atoms with Gasteiger partial charge in [0.1, 0.15) is 5.82 Å². The number of H-pyrrole nitrogens is 1. The van der Waals surface area contributed by atoms with Gasteiger partial charge in [-0.25, -0.2) is 9.78 Å². The highest BCUT2D eigenvalue weighted by Crippen LogP contribution is 2.19. The van der Waals surface area contributed by atoms with E-state index in [1.54, 1.807) is 0 Å². The molecule has 7 nitrogen and oxygen atoms in total. The number of nitrogens with zero attached hydrogens (tertiary/aromatic N) is 3. The van der Waals surface area contributed by atoms with Crippen molar-refractivity contribution in [2.45, 2.75) is 44.2 Å². The van der Waals surface area contributed by atoms with Crippen LogP contribution in [0.15, 0.2) is 30.6 Å². The molecule has 4 rings (SSSR count). The van der Waals surface area contributed by atoms with E-state index in [9.17, 15) is 4.79 Å². The van der Waals surface area contributed by atoms with Crippen LogP contribution < -0.4 is 15.5 Å². The fourth-order valence-corrected chi connectivity index (χ4v) is 3.74. The Morgan fingerprint density at radius 3 is 2.80 bits per heavy atom. The molecule has 7 heteroatoms. The molecule has 2 amide bonds. The third-order valence-electron chi connectivity index (χ3n) is 5.16. The molecule has 1 saturated heterocycles. The molecule has 1 atom stereocenters. The highest BCUT2D eigenvalue weighted by atomic mass is 16.2. The summed E-state index contributed by atoms with van der Waals surface area (Å²) in [4.78, 5) is 19.0. The van der Waals surface area contributed by atoms with Crippen LogP contribution in [0, 0.1) is 0 Å². The molecule has 2 aliphatic rings. The van der Waals surface area contributed by atoms with Gasteiger partial charge in [0.15, 0.2) is 0 Å². The van der Waals surface area contributed by atoms with Gasteiger partial charge in [0.05, 0.1) is 6.20 Å². The Balaban J connectivity index is 1.23. The Morgan fingerprint density at radius 2 is 2.00 bits per heavy atom. The number of aromatic nitrogens is 3. The first kappa shape index (κ1) is 15.9. The van der Waals surface area contributed by atoms with Gasteiger partial charge in [-0.3, -0.25) is 5.10 Å². The Bertz CT molecular complexity index is 707. The summed E-state index contributed by atoms with van der Waals surface area (Å²) >= 11 is 0. The van der Waals surface area contributed by atoms with Gasteiger partial charge in [0.2, 0.25) is 0 Å². The molecule has 0 saturated carbocycles. The number of hydrogen-bond acceptors (Lipinski definition) is 4. The molecule has 0 aromatic carbocycles. The van der Waals surface area contributed by atoms with Crippen molar-refractivity contribution in [2.24, 2.45) is 0 Å². The normalized spacial score (nSPS) is 20.8. The summed E-state index contributed by atoms with van der Waals surface area (Å²) < 4.78 is 0. The van der Waals surface area contributed by atoms with E-state index >= 15 is 0 Å². The number of amides is 2. The van der Waals surface area contributed by atoms with Crippen molar-refractivity contribution in [1.82, 2.24) is 25.8 Å². The standard InChI is InChI=1S/C18H24N6O/c25-18(22-15-5-4-13-12-20-23-16(13)11-15)21-14-6-9-24(10-7-14)17-3-1-2-8-19-17/h1-3,8,12,14-15H,4-7,9-11H2,(H,20,23)(H2,21,22,25). The van der Waals surface area contributed by atoms with Gasteiger partial charge in [0.25, 0.3) is 0 Å². The van der Waals surface area contributed by atoms with Gasteiger partial charge in [-0.2, -0.15) is 5.10 Å². The van der Waals surface area contributed by atoms with E-state index in [-0.39, 0.29) is 18.1 Å². The van der Waals surface area contributed by atoms with Crippen LogP contribution in [0.2, 0.25) is 0 Å². The number of rotatable bonds is 3. The smallest absolute Gasteiger partial charge is 0.315 e. The maximum absolute atomic E-state index is 12.3. The van der Waals surface area contributed by atoms with Crippen molar-refractivity contribution in [3.05, 3.63) is 41.9 Å². The second kappa shape index (κ2) is 7.13. The van der Waals surface area contributed by atoms with Crippen molar-refractivity contribution in [2.75, 3.05) is 18.0 Å². The first-order valence-electron chi connectivity index (χ1n) is 9.02. The average Bonchev–Trinajstić information content (AvgIpc) is 3.11. The first-order chi connectivity index (χ1) is 12.3. The van der Waals surface area contributed by atoms with Crippen LogP contribution in [0.4, 0.5) is 10.6 Å². The lowest BCUT2D eigenvalue weighted by atomic mass is 9.94. The second-order valence-electron chi connectivity index (χ2n) is 6.88. The van der Waals surface area contributed by atoms with Crippen molar-refractivity contribution >= 4 is 11.8 Å². The zero-order valence-corrected chi connectivity index (χ0v) is 14.2. The van der Waals surface area contributed by atoms with E-state index in [4.69, 9.17) is 0 Å². The molecule has 0 radical (unpaired) electrons. The Labute approximate surface area is 147 Å². The van der Waals surface area contributed by atoms with E-state index in [0.717, 1.165) is 56.7 Å². The van der Waals surface area contributed by atoms with E-state index in [1.807, 2.05) is 30.6 Å². The number of carbonyl (C=O) groups is 1. The van der Waals surface area contributed by atoms with Gasteiger partial charge in [-0.1, -0.05) is 6.07 Å². The number of urea groups is 1. The minimum absolute atomic E-state index is 0.0516. The molecule has 2 aromatic heterocycles. The van der Waals surface area contributed by atoms with Crippen LogP contribution in [0.25, 0.3) is 0 Å². The molecule has 25 heavy (non-hydrogen) atoms. The Morgan fingerprint density at radius 1 is 1.16 bits per heavy atom. The molecule has 0 bridgehead atoms. The van der Waals surface area contributed by atoms with E-state index in [1.165, 1.54) is 5.56 Å². The SMILES string of the molecule is O=C(NC1CCN(c2ccccn2)CC1)NC1CCc2cn[nH]c2C1. The van der Waals surface area contributed by atoms with Crippen molar-refractivity contribution < 1.29 is 4.79 Å². The van der Waals surface area contributed by atoms with Crippen molar-refractivity contribution in [3.63, 3.8) is 0 Å². The zero-order valence-electron chi connectivity index (χ0n) is 14.2. The fraction of sp³-hybridized carbons (Fsp3) is 0.500. The minimum atomic E-state index is -0.0516. The number of piperidine rings is 1. The van der Waals surface area contributed by atoms with Gasteiger partial charge in [-0.15, -0.1) is 0 Å². The topological polar surface area (TPSA) is 85.9 Å². The summed E-state index contributed by atoms with van der Waals surface area (Å²) in [6.07, 6.45) is 8.38. The number of nitrogens with one attached hydrogen (secondary N) is 3. The van der Waals surface area contributed by atoms with Crippen LogP contribution in [0.3, 0.4) is 0 Å². The van der Waals surface area contributed by atoms with Gasteiger partial charge < -0.3 is 15.5 Å². The first-order valence-corrected chi connectivity index (χ1v) is 9.02. The number of aryl methyl sites for hydroxylation is 1. The molecule has 2 aromatic rings. The zero-order chi connectivity index (χ0) is 17.1. The molecule has 1 fully saturated rings. The number of pyridine rings is 1. The quantitative estimate of drug-likeness (QED) is 0.793. The van der Waals surface area contributed by atoms with Crippen LogP contribution in [0.5, 0.6) is 0 Å². The third-order valence-corrected chi connectivity index (χ3v) is 5.16. The van der Waals surface area contributed by atoms with Crippen LogP contribution in [-0.4, -0.2) is 46.4 Å². The molecule has 1 aliphatic heterocycles. The van der Waals surface area contributed by atoms with E-state index in [0.29, 0.717) is 0 Å². The van der Waals surface area contributed by atoms with Crippen molar-refractivity contribution in [3.8, 4) is 0 Å². The largest absolute Gasteiger partial charge is 0.356 e. The summed E-state index contributed by atoms with van der Waals surface area (Å²) in [6.45, 7) is 1.84. The summed E-state index contributed by atoms with van der Waals surface area (Å²) in [7, 11) is 0. The summed E-state index contributed by atoms with van der Waals surface area (Å²) in [5.74, 6) is 1.02. The van der Waals surface area contributed by atoms with Gasteiger partial charge in [0, 0.05) is 43.5 Å². The van der Waals surface area contributed by atoms with Crippen molar-refractivity contribution in [1.29, 1.82) is 0 Å². The molecule has 3 heterocycles. The molecule has 132 valence electrons. The third kappa shape index (κ3) is 3.75. The lowest BCUT2D eigenvalue weighted by Gasteiger charge is -2.33. The molecule has 3 N–H and O–H groups in total. The number of hydrogen-bond donors (Lipinski definition) is 3. The number of aromatic amines is 1. The number of carbonyl (C=O) groups excluding carboxylic acids is 1. The Kier molecular flexibility index (Phi) is 4.54. The molecule has 0 spiro atoms. The average molecular weight is 340 g/mol. The molecular weight excluding hydrogens is 316 g/mol. The lowest BCUT2D eigenvalue weighted by molar-refractivity contribution is 0.229. The lowest BCUT2D eigenvalue weighted by Crippen LogP contribution is -2.51. The predicted molar refractivity (Wildman–Crippen MR) is 95.5 cm³/mol. The van der Waals surface area contributed by atoms with Gasteiger partial charge in [-0.05, 0) is 43.4 Å². The highest BCUT2D eigenvalue weighted by molar-refractivity contribution is 5.74. The second-order valence-corrected chi connectivity index (χ2v) is 6.88. The minimum Gasteiger partial charge on any atom is -0.356 e. The number of fused-ring (bicyclic) bond motifs is 1. The molecular formula is C18H24N6O.